The molecule has 0 aliphatic rings. The molecule has 0 spiro atoms. The highest BCUT2D eigenvalue weighted by Crippen LogP contribution is 2.20. The van der Waals surface area contributed by atoms with Crippen LogP contribution in [0.5, 0.6) is 0 Å². The Labute approximate surface area is 240 Å². The average molecular weight is 615 g/mol. The third kappa shape index (κ3) is 9.02. The van der Waals surface area contributed by atoms with Crippen molar-refractivity contribution in [2.75, 3.05) is 13.6 Å². The van der Waals surface area contributed by atoms with E-state index in [-0.39, 0.29) is 42.3 Å². The SMILES string of the molecule is CC(C)NC(=O)C(Cc1ccccc1)N(Cc1cccc(Br)c1)C(=O)CCCN(C)S(=O)(=O)c1ccccc1. The van der Waals surface area contributed by atoms with Crippen molar-refractivity contribution in [3.8, 4) is 0 Å². The number of benzene rings is 3. The molecule has 0 heterocycles. The lowest BCUT2D eigenvalue weighted by molar-refractivity contribution is -0.141. The molecule has 0 radical (unpaired) electrons. The van der Waals surface area contributed by atoms with Gasteiger partial charge in [0.05, 0.1) is 4.90 Å². The lowest BCUT2D eigenvalue weighted by atomic mass is 10.0. The Morgan fingerprint density at radius 3 is 2.13 bits per heavy atom. The van der Waals surface area contributed by atoms with Gasteiger partial charge in [0.15, 0.2) is 0 Å². The number of nitrogens with one attached hydrogen (secondary N) is 1. The van der Waals surface area contributed by atoms with E-state index in [1.54, 1.807) is 35.2 Å². The van der Waals surface area contributed by atoms with Gasteiger partial charge in [0, 0.05) is 43.5 Å². The lowest BCUT2D eigenvalue weighted by Gasteiger charge is -2.32. The molecule has 0 saturated heterocycles. The Hall–Kier alpha value is -3.01. The molecule has 0 aliphatic heterocycles. The van der Waals surface area contributed by atoms with E-state index < -0.39 is 16.1 Å². The molecule has 9 heteroatoms. The molecule has 3 aromatic rings. The summed E-state index contributed by atoms with van der Waals surface area (Å²) in [6, 6.07) is 24.7. The van der Waals surface area contributed by atoms with Crippen LogP contribution in [0.25, 0.3) is 0 Å². The quantitative estimate of drug-likeness (QED) is 0.293. The highest BCUT2D eigenvalue weighted by atomic mass is 79.9. The van der Waals surface area contributed by atoms with E-state index in [9.17, 15) is 18.0 Å². The molecule has 0 aliphatic carbocycles. The molecule has 3 rings (SSSR count). The molecule has 3 aromatic carbocycles. The predicted octanol–water partition coefficient (Wildman–Crippen LogP) is 5.01. The van der Waals surface area contributed by atoms with E-state index in [4.69, 9.17) is 0 Å². The Balaban J connectivity index is 1.82. The van der Waals surface area contributed by atoms with Gasteiger partial charge in [-0.3, -0.25) is 9.59 Å². The van der Waals surface area contributed by atoms with Crippen LogP contribution in [0, 0.1) is 0 Å². The summed E-state index contributed by atoms with van der Waals surface area (Å²) in [5, 5.41) is 2.98. The maximum Gasteiger partial charge on any atom is 0.243 e. The summed E-state index contributed by atoms with van der Waals surface area (Å²) in [6.07, 6.45) is 0.782. The summed E-state index contributed by atoms with van der Waals surface area (Å²) in [6.45, 7) is 4.20. The molecule has 39 heavy (non-hydrogen) atoms. The van der Waals surface area contributed by atoms with Crippen molar-refractivity contribution < 1.29 is 18.0 Å². The van der Waals surface area contributed by atoms with Crippen LogP contribution < -0.4 is 5.32 Å². The summed E-state index contributed by atoms with van der Waals surface area (Å²) in [7, 11) is -2.14. The molecular weight excluding hydrogens is 578 g/mol. The van der Waals surface area contributed by atoms with Gasteiger partial charge in [-0.25, -0.2) is 12.7 Å². The summed E-state index contributed by atoms with van der Waals surface area (Å²) in [4.78, 5) is 29.0. The van der Waals surface area contributed by atoms with Crippen molar-refractivity contribution in [2.24, 2.45) is 0 Å². The number of nitrogens with zero attached hydrogens (tertiary/aromatic N) is 2. The third-order valence-corrected chi connectivity index (χ3v) is 8.62. The van der Waals surface area contributed by atoms with Crippen molar-refractivity contribution in [1.82, 2.24) is 14.5 Å². The van der Waals surface area contributed by atoms with Gasteiger partial charge in [0.25, 0.3) is 0 Å². The Morgan fingerprint density at radius 2 is 1.51 bits per heavy atom. The van der Waals surface area contributed by atoms with Gasteiger partial charge in [-0.15, -0.1) is 0 Å². The van der Waals surface area contributed by atoms with E-state index in [0.29, 0.717) is 12.8 Å². The van der Waals surface area contributed by atoms with Crippen molar-refractivity contribution >= 4 is 37.8 Å². The number of amides is 2. The second-order valence-electron chi connectivity index (χ2n) is 9.76. The van der Waals surface area contributed by atoms with Crippen LogP contribution in [0.15, 0.2) is 94.3 Å². The van der Waals surface area contributed by atoms with Gasteiger partial charge in [0.1, 0.15) is 6.04 Å². The Morgan fingerprint density at radius 1 is 0.897 bits per heavy atom. The fraction of sp³-hybridized carbons (Fsp3) is 0.333. The van der Waals surface area contributed by atoms with Gasteiger partial charge < -0.3 is 10.2 Å². The number of carbonyl (C=O) groups excluding carboxylic acids is 2. The maximum absolute atomic E-state index is 13.7. The molecule has 1 N–H and O–H groups in total. The molecule has 0 bridgehead atoms. The number of sulfonamides is 1. The van der Waals surface area contributed by atoms with Crippen LogP contribution in [-0.2, 0) is 32.6 Å². The minimum absolute atomic E-state index is 0.0876. The molecule has 2 amide bonds. The van der Waals surface area contributed by atoms with Crippen molar-refractivity contribution in [3.63, 3.8) is 0 Å². The Kier molecular flexibility index (Phi) is 11.3. The molecule has 1 atom stereocenters. The number of hydrogen-bond acceptors (Lipinski definition) is 4. The molecule has 0 fully saturated rings. The monoisotopic (exact) mass is 613 g/mol. The van der Waals surface area contributed by atoms with Crippen molar-refractivity contribution in [2.45, 2.75) is 56.6 Å². The number of halogens is 1. The largest absolute Gasteiger partial charge is 0.352 e. The topological polar surface area (TPSA) is 86.8 Å². The smallest absolute Gasteiger partial charge is 0.243 e. The zero-order chi connectivity index (χ0) is 28.4. The van der Waals surface area contributed by atoms with Crippen LogP contribution in [0.2, 0.25) is 0 Å². The van der Waals surface area contributed by atoms with Crippen LogP contribution in [-0.4, -0.2) is 55.1 Å². The standard InChI is InChI=1S/C30H36BrN3O4S/c1-23(2)32-30(36)28(21-24-12-6-4-7-13-24)34(22-25-14-10-15-26(31)20-25)29(35)18-11-19-33(3)39(37,38)27-16-8-5-9-17-27/h4-10,12-17,20,23,28H,11,18-19,21-22H2,1-3H3,(H,32,36). The van der Waals surface area contributed by atoms with E-state index in [1.165, 1.54) is 11.4 Å². The number of hydrogen-bond donors (Lipinski definition) is 1. The van der Waals surface area contributed by atoms with Gasteiger partial charge in [-0.05, 0) is 55.7 Å². The van der Waals surface area contributed by atoms with Crippen LogP contribution in [0.3, 0.4) is 0 Å². The normalized spacial score (nSPS) is 12.4. The van der Waals surface area contributed by atoms with Gasteiger partial charge in [-0.1, -0.05) is 76.6 Å². The highest BCUT2D eigenvalue weighted by molar-refractivity contribution is 9.10. The van der Waals surface area contributed by atoms with E-state index in [2.05, 4.69) is 21.2 Å². The minimum Gasteiger partial charge on any atom is -0.352 e. The first kappa shape index (κ1) is 30.5. The van der Waals surface area contributed by atoms with Gasteiger partial charge in [0.2, 0.25) is 21.8 Å². The van der Waals surface area contributed by atoms with Crippen LogP contribution >= 0.6 is 15.9 Å². The fourth-order valence-corrected chi connectivity index (χ4v) is 5.93. The second-order valence-corrected chi connectivity index (χ2v) is 12.7. The van der Waals surface area contributed by atoms with Gasteiger partial charge in [-0.2, -0.15) is 0 Å². The number of rotatable bonds is 13. The van der Waals surface area contributed by atoms with E-state index in [1.807, 2.05) is 68.4 Å². The molecule has 0 saturated carbocycles. The first-order valence-corrected chi connectivity index (χ1v) is 15.2. The molecule has 1 unspecified atom stereocenters. The lowest BCUT2D eigenvalue weighted by Crippen LogP contribution is -2.51. The second kappa shape index (κ2) is 14.4. The van der Waals surface area contributed by atoms with E-state index in [0.717, 1.165) is 15.6 Å². The van der Waals surface area contributed by atoms with Crippen LogP contribution in [0.4, 0.5) is 0 Å². The van der Waals surface area contributed by atoms with Crippen molar-refractivity contribution in [3.05, 3.63) is 101 Å². The molecule has 208 valence electrons. The summed E-state index contributed by atoms with van der Waals surface area (Å²) in [5.41, 5.74) is 1.83. The molecule has 7 nitrogen and oxygen atoms in total. The minimum atomic E-state index is -3.66. The van der Waals surface area contributed by atoms with Crippen molar-refractivity contribution in [1.29, 1.82) is 0 Å². The van der Waals surface area contributed by atoms with E-state index >= 15 is 0 Å². The molecular formula is C30H36BrN3O4S. The maximum atomic E-state index is 13.7. The zero-order valence-electron chi connectivity index (χ0n) is 22.6. The first-order valence-electron chi connectivity index (χ1n) is 13.0. The number of carbonyl (C=O) groups is 2. The summed E-state index contributed by atoms with van der Waals surface area (Å²) < 4.78 is 27.9. The first-order chi connectivity index (χ1) is 18.6. The zero-order valence-corrected chi connectivity index (χ0v) is 25.0. The van der Waals surface area contributed by atoms with Crippen LogP contribution in [0.1, 0.15) is 37.8 Å². The van der Waals surface area contributed by atoms with Gasteiger partial charge >= 0.3 is 0 Å². The average Bonchev–Trinajstić information content (AvgIpc) is 2.91. The Bertz CT molecular complexity index is 1330. The predicted molar refractivity (Wildman–Crippen MR) is 157 cm³/mol. The summed E-state index contributed by atoms with van der Waals surface area (Å²) in [5.74, 6) is -0.429. The summed E-state index contributed by atoms with van der Waals surface area (Å²) >= 11 is 3.49. The molecule has 0 aromatic heterocycles. The fourth-order valence-electron chi connectivity index (χ4n) is 4.26. The third-order valence-electron chi connectivity index (χ3n) is 6.26. The highest BCUT2D eigenvalue weighted by Gasteiger charge is 2.31.